The third-order valence-electron chi connectivity index (χ3n) is 3.94. The molecule has 5 nitrogen and oxygen atoms in total. The number of nitrogens with zero attached hydrogens (tertiary/aromatic N) is 1. The Morgan fingerprint density at radius 1 is 1.32 bits per heavy atom. The van der Waals surface area contributed by atoms with E-state index in [0.29, 0.717) is 11.4 Å². The fourth-order valence-corrected chi connectivity index (χ4v) is 2.78. The molecule has 0 bridgehead atoms. The number of halogens is 1. The quantitative estimate of drug-likeness (QED) is 0.857. The zero-order valence-electron chi connectivity index (χ0n) is 12.8. The first-order chi connectivity index (χ1) is 10.1. The van der Waals surface area contributed by atoms with Crippen molar-refractivity contribution in [1.29, 1.82) is 0 Å². The van der Waals surface area contributed by atoms with Gasteiger partial charge in [-0.1, -0.05) is 37.6 Å². The van der Waals surface area contributed by atoms with Crippen LogP contribution >= 0.6 is 11.6 Å². The van der Waals surface area contributed by atoms with Crippen molar-refractivity contribution in [2.45, 2.75) is 32.3 Å². The monoisotopic (exact) mass is 324 g/mol. The van der Waals surface area contributed by atoms with E-state index < -0.39 is 11.5 Å². The van der Waals surface area contributed by atoms with Gasteiger partial charge < -0.3 is 15.7 Å². The maximum absolute atomic E-state index is 12.2. The molecule has 0 aliphatic carbocycles. The number of hydrogen-bond donors (Lipinski definition) is 2. The molecule has 1 aliphatic rings. The molecule has 0 aromatic heterocycles. The number of β-amino-alcohol motifs (C(OH)–C–C–N with tert-alkyl or cyclic N) is 1. The van der Waals surface area contributed by atoms with Gasteiger partial charge in [-0.05, 0) is 29.5 Å². The van der Waals surface area contributed by atoms with Crippen LogP contribution in [0.5, 0.6) is 0 Å². The van der Waals surface area contributed by atoms with Crippen molar-refractivity contribution in [3.8, 4) is 0 Å². The molecule has 1 aromatic carbocycles. The SMILES string of the molecule is CC(C)(CC(=O)N1CC(O)(C(N)=O)C1)Cc1ccc(Cl)cc1. The summed E-state index contributed by atoms with van der Waals surface area (Å²) in [5.41, 5.74) is 4.42. The standard InChI is InChI=1S/C16H21ClN2O3/c1-15(2,7-11-3-5-12(17)6-4-11)8-13(20)19-9-16(22,10-19)14(18)21/h3-6,22H,7-10H2,1-2H3,(H2,18,21). The van der Waals surface area contributed by atoms with Crippen molar-refractivity contribution in [3.63, 3.8) is 0 Å². The normalized spacial score (nSPS) is 17.0. The maximum Gasteiger partial charge on any atom is 0.253 e. The van der Waals surface area contributed by atoms with E-state index in [1.54, 1.807) is 0 Å². The first-order valence-electron chi connectivity index (χ1n) is 7.16. The summed E-state index contributed by atoms with van der Waals surface area (Å²) in [5, 5.41) is 10.5. The largest absolute Gasteiger partial charge is 0.377 e. The maximum atomic E-state index is 12.2. The minimum atomic E-state index is -1.56. The van der Waals surface area contributed by atoms with Gasteiger partial charge in [0.25, 0.3) is 5.91 Å². The van der Waals surface area contributed by atoms with Crippen LogP contribution in [-0.4, -0.2) is 40.5 Å². The fourth-order valence-electron chi connectivity index (χ4n) is 2.66. The lowest BCUT2D eigenvalue weighted by Gasteiger charge is -2.45. The molecule has 1 heterocycles. The number of carbonyl (C=O) groups excluding carboxylic acids is 2. The van der Waals surface area contributed by atoms with E-state index in [1.807, 2.05) is 38.1 Å². The molecule has 0 unspecified atom stereocenters. The van der Waals surface area contributed by atoms with E-state index in [2.05, 4.69) is 0 Å². The number of primary amides is 1. The number of benzene rings is 1. The highest BCUT2D eigenvalue weighted by atomic mass is 35.5. The molecule has 0 spiro atoms. The molecule has 1 aliphatic heterocycles. The molecule has 2 amide bonds. The predicted octanol–water partition coefficient (Wildman–Crippen LogP) is 1.36. The second kappa shape index (κ2) is 5.89. The Bertz CT molecular complexity index is 578. The first kappa shape index (κ1) is 16.8. The van der Waals surface area contributed by atoms with Crippen molar-refractivity contribution in [2.24, 2.45) is 11.1 Å². The zero-order valence-corrected chi connectivity index (χ0v) is 13.6. The van der Waals surface area contributed by atoms with Gasteiger partial charge in [0.2, 0.25) is 5.91 Å². The number of likely N-dealkylation sites (tertiary alicyclic amines) is 1. The molecule has 0 saturated carbocycles. The highest BCUT2D eigenvalue weighted by molar-refractivity contribution is 6.30. The lowest BCUT2D eigenvalue weighted by molar-refractivity contribution is -0.167. The lowest BCUT2D eigenvalue weighted by atomic mass is 9.81. The average molecular weight is 325 g/mol. The smallest absolute Gasteiger partial charge is 0.253 e. The summed E-state index contributed by atoms with van der Waals surface area (Å²) in [7, 11) is 0. The van der Waals surface area contributed by atoms with E-state index in [0.717, 1.165) is 12.0 Å². The third-order valence-corrected chi connectivity index (χ3v) is 4.19. The van der Waals surface area contributed by atoms with Gasteiger partial charge in [-0.25, -0.2) is 0 Å². The van der Waals surface area contributed by atoms with Gasteiger partial charge in [-0.2, -0.15) is 0 Å². The summed E-state index contributed by atoms with van der Waals surface area (Å²) >= 11 is 5.87. The summed E-state index contributed by atoms with van der Waals surface area (Å²) in [5.74, 6) is -0.859. The van der Waals surface area contributed by atoms with Gasteiger partial charge in [0.1, 0.15) is 0 Å². The number of rotatable bonds is 5. The van der Waals surface area contributed by atoms with Crippen LogP contribution in [-0.2, 0) is 16.0 Å². The van der Waals surface area contributed by atoms with Gasteiger partial charge in [0.15, 0.2) is 5.60 Å². The van der Waals surface area contributed by atoms with Crippen LogP contribution in [0, 0.1) is 5.41 Å². The van der Waals surface area contributed by atoms with Gasteiger partial charge in [0.05, 0.1) is 13.1 Å². The molecular formula is C16H21ClN2O3. The van der Waals surface area contributed by atoms with Crippen molar-refractivity contribution >= 4 is 23.4 Å². The molecule has 1 aromatic rings. The Morgan fingerprint density at radius 3 is 2.36 bits per heavy atom. The Labute approximate surface area is 135 Å². The van der Waals surface area contributed by atoms with Crippen LogP contribution in [0.2, 0.25) is 5.02 Å². The number of amides is 2. The molecule has 0 radical (unpaired) electrons. The van der Waals surface area contributed by atoms with Crippen molar-refractivity contribution < 1.29 is 14.7 Å². The first-order valence-corrected chi connectivity index (χ1v) is 7.54. The summed E-state index contributed by atoms with van der Waals surface area (Å²) in [4.78, 5) is 24.8. The summed E-state index contributed by atoms with van der Waals surface area (Å²) in [6.07, 6.45) is 1.08. The van der Waals surface area contributed by atoms with Gasteiger partial charge >= 0.3 is 0 Å². The zero-order chi connectivity index (χ0) is 16.5. The van der Waals surface area contributed by atoms with Crippen LogP contribution in [0.3, 0.4) is 0 Å². The number of nitrogens with two attached hydrogens (primary N) is 1. The van der Waals surface area contributed by atoms with E-state index in [-0.39, 0.29) is 24.4 Å². The molecule has 1 saturated heterocycles. The van der Waals surface area contributed by atoms with Crippen LogP contribution in [0.1, 0.15) is 25.8 Å². The second-order valence-electron chi connectivity index (χ2n) is 6.79. The van der Waals surface area contributed by atoms with Crippen LogP contribution in [0.25, 0.3) is 0 Å². The number of aliphatic hydroxyl groups is 1. The van der Waals surface area contributed by atoms with Crippen LogP contribution < -0.4 is 5.73 Å². The van der Waals surface area contributed by atoms with Crippen molar-refractivity contribution in [3.05, 3.63) is 34.9 Å². The van der Waals surface area contributed by atoms with Crippen LogP contribution in [0.4, 0.5) is 0 Å². The predicted molar refractivity (Wildman–Crippen MR) is 84.3 cm³/mol. The number of carbonyl (C=O) groups is 2. The highest BCUT2D eigenvalue weighted by Gasteiger charge is 2.48. The molecule has 2 rings (SSSR count). The molecule has 0 atom stereocenters. The Kier molecular flexibility index (Phi) is 4.49. The Morgan fingerprint density at radius 2 is 1.86 bits per heavy atom. The van der Waals surface area contributed by atoms with Gasteiger partial charge in [-0.3, -0.25) is 9.59 Å². The average Bonchev–Trinajstić information content (AvgIpc) is 2.36. The van der Waals surface area contributed by atoms with Gasteiger partial charge in [-0.15, -0.1) is 0 Å². The topological polar surface area (TPSA) is 83.6 Å². The molecule has 120 valence electrons. The minimum absolute atomic E-state index is 0.0157. The summed E-state index contributed by atoms with van der Waals surface area (Å²) in [6, 6.07) is 7.56. The Hall–Kier alpha value is -1.59. The van der Waals surface area contributed by atoms with E-state index in [4.69, 9.17) is 17.3 Å². The third kappa shape index (κ3) is 3.78. The molecule has 6 heteroatoms. The van der Waals surface area contributed by atoms with Crippen molar-refractivity contribution in [1.82, 2.24) is 4.90 Å². The summed E-state index contributed by atoms with van der Waals surface area (Å²) < 4.78 is 0. The van der Waals surface area contributed by atoms with E-state index in [1.165, 1.54) is 4.90 Å². The highest BCUT2D eigenvalue weighted by Crippen LogP contribution is 2.30. The van der Waals surface area contributed by atoms with Crippen LogP contribution in [0.15, 0.2) is 24.3 Å². The Balaban J connectivity index is 1.90. The van der Waals surface area contributed by atoms with E-state index in [9.17, 15) is 14.7 Å². The second-order valence-corrected chi connectivity index (χ2v) is 7.23. The minimum Gasteiger partial charge on any atom is -0.377 e. The molecule has 22 heavy (non-hydrogen) atoms. The molecular weight excluding hydrogens is 304 g/mol. The van der Waals surface area contributed by atoms with E-state index >= 15 is 0 Å². The van der Waals surface area contributed by atoms with Crippen molar-refractivity contribution in [2.75, 3.05) is 13.1 Å². The number of hydrogen-bond acceptors (Lipinski definition) is 3. The van der Waals surface area contributed by atoms with Gasteiger partial charge in [0, 0.05) is 11.4 Å². The molecule has 1 fully saturated rings. The molecule has 3 N–H and O–H groups in total. The lowest BCUT2D eigenvalue weighted by Crippen LogP contribution is -2.69. The summed E-state index contributed by atoms with van der Waals surface area (Å²) in [6.45, 7) is 4.00. The fraction of sp³-hybridized carbons (Fsp3) is 0.500.